The third kappa shape index (κ3) is 4.85. The van der Waals surface area contributed by atoms with Crippen LogP contribution in [0, 0.1) is 5.82 Å². The van der Waals surface area contributed by atoms with Gasteiger partial charge in [-0.2, -0.15) is 0 Å². The molecule has 0 saturated heterocycles. The fourth-order valence-electron chi connectivity index (χ4n) is 2.26. The zero-order valence-electron chi connectivity index (χ0n) is 13.8. The summed E-state index contributed by atoms with van der Waals surface area (Å²) < 4.78 is 29.0. The molecular formula is C18H17FN2O5. The van der Waals surface area contributed by atoms with Crippen LogP contribution in [0.4, 0.5) is 10.1 Å². The van der Waals surface area contributed by atoms with E-state index in [2.05, 4.69) is 10.6 Å². The highest BCUT2D eigenvalue weighted by atomic mass is 19.1. The molecule has 0 radical (unpaired) electrons. The minimum Gasteiger partial charge on any atom is -0.486 e. The summed E-state index contributed by atoms with van der Waals surface area (Å²) in [5.41, 5.74) is 0.532. The Morgan fingerprint density at radius 3 is 2.65 bits per heavy atom. The lowest BCUT2D eigenvalue weighted by Crippen LogP contribution is -2.35. The van der Waals surface area contributed by atoms with Gasteiger partial charge >= 0.3 is 0 Å². The quantitative estimate of drug-likeness (QED) is 0.819. The van der Waals surface area contributed by atoms with Crippen LogP contribution < -0.4 is 24.8 Å². The van der Waals surface area contributed by atoms with Gasteiger partial charge in [-0.1, -0.05) is 6.07 Å². The van der Waals surface area contributed by atoms with E-state index in [4.69, 9.17) is 14.2 Å². The number of anilines is 1. The van der Waals surface area contributed by atoms with Crippen LogP contribution in [-0.2, 0) is 9.59 Å². The Kier molecular flexibility index (Phi) is 5.52. The number of halogens is 1. The van der Waals surface area contributed by atoms with Crippen molar-refractivity contribution >= 4 is 17.5 Å². The van der Waals surface area contributed by atoms with Gasteiger partial charge in [-0.05, 0) is 24.3 Å². The van der Waals surface area contributed by atoms with Gasteiger partial charge in [0.2, 0.25) is 5.91 Å². The van der Waals surface area contributed by atoms with E-state index in [0.717, 1.165) is 0 Å². The van der Waals surface area contributed by atoms with Crippen molar-refractivity contribution in [1.82, 2.24) is 5.32 Å². The molecule has 1 aliphatic heterocycles. The van der Waals surface area contributed by atoms with Gasteiger partial charge in [-0.15, -0.1) is 0 Å². The Labute approximate surface area is 149 Å². The summed E-state index contributed by atoms with van der Waals surface area (Å²) in [6.45, 7) is 0.398. The van der Waals surface area contributed by atoms with Gasteiger partial charge in [0.1, 0.15) is 24.8 Å². The molecule has 2 aromatic carbocycles. The molecule has 7 nitrogen and oxygen atoms in total. The number of hydrogen-bond acceptors (Lipinski definition) is 5. The second-order valence-corrected chi connectivity index (χ2v) is 5.43. The molecule has 26 heavy (non-hydrogen) atoms. The van der Waals surface area contributed by atoms with Gasteiger partial charge in [0, 0.05) is 17.8 Å². The summed E-state index contributed by atoms with van der Waals surface area (Å²) in [6, 6.07) is 10.5. The number of carbonyl (C=O) groups excluding carboxylic acids is 2. The van der Waals surface area contributed by atoms with Crippen molar-refractivity contribution in [2.24, 2.45) is 0 Å². The average Bonchev–Trinajstić information content (AvgIpc) is 2.65. The van der Waals surface area contributed by atoms with Crippen molar-refractivity contribution in [2.75, 3.05) is 31.7 Å². The predicted octanol–water partition coefficient (Wildman–Crippen LogP) is 1.73. The molecule has 0 bridgehead atoms. The van der Waals surface area contributed by atoms with E-state index in [0.29, 0.717) is 30.4 Å². The normalized spacial score (nSPS) is 12.2. The van der Waals surface area contributed by atoms with Crippen molar-refractivity contribution in [3.8, 4) is 17.2 Å². The van der Waals surface area contributed by atoms with Crippen LogP contribution in [0.3, 0.4) is 0 Å². The summed E-state index contributed by atoms with van der Waals surface area (Å²) in [7, 11) is 0. The number of rotatable bonds is 6. The highest BCUT2D eigenvalue weighted by Crippen LogP contribution is 2.32. The largest absolute Gasteiger partial charge is 0.486 e. The Bertz CT molecular complexity index is 812. The third-order valence-electron chi connectivity index (χ3n) is 3.44. The average molecular weight is 360 g/mol. The molecule has 2 amide bonds. The Morgan fingerprint density at radius 2 is 1.85 bits per heavy atom. The van der Waals surface area contributed by atoms with Gasteiger partial charge in [0.05, 0.1) is 6.54 Å². The van der Waals surface area contributed by atoms with Gasteiger partial charge in [-0.3, -0.25) is 9.59 Å². The van der Waals surface area contributed by atoms with Crippen LogP contribution >= 0.6 is 0 Å². The molecule has 2 aromatic rings. The molecule has 0 unspecified atom stereocenters. The lowest BCUT2D eigenvalue weighted by atomic mass is 10.2. The van der Waals surface area contributed by atoms with Crippen LogP contribution in [0.15, 0.2) is 42.5 Å². The van der Waals surface area contributed by atoms with Crippen molar-refractivity contribution < 1.29 is 28.2 Å². The van der Waals surface area contributed by atoms with Crippen LogP contribution in [0.2, 0.25) is 0 Å². The second-order valence-electron chi connectivity index (χ2n) is 5.43. The maximum absolute atomic E-state index is 13.0. The van der Waals surface area contributed by atoms with E-state index < -0.39 is 17.6 Å². The highest BCUT2D eigenvalue weighted by molar-refractivity contribution is 5.94. The van der Waals surface area contributed by atoms with Crippen LogP contribution in [0.5, 0.6) is 17.2 Å². The van der Waals surface area contributed by atoms with Crippen LogP contribution in [0.1, 0.15) is 0 Å². The molecular weight excluding hydrogens is 343 g/mol. The first kappa shape index (κ1) is 17.5. The number of hydrogen-bond donors (Lipinski definition) is 2. The monoisotopic (exact) mass is 360 g/mol. The predicted molar refractivity (Wildman–Crippen MR) is 91.0 cm³/mol. The molecule has 0 aliphatic carbocycles. The molecule has 1 heterocycles. The Balaban J connectivity index is 1.43. The number of carbonyl (C=O) groups is 2. The maximum atomic E-state index is 13.0. The fraction of sp³-hybridized carbons (Fsp3) is 0.222. The van der Waals surface area contributed by atoms with Crippen molar-refractivity contribution in [3.05, 3.63) is 48.3 Å². The van der Waals surface area contributed by atoms with Gasteiger partial charge in [0.25, 0.3) is 5.91 Å². The smallest absolute Gasteiger partial charge is 0.258 e. The van der Waals surface area contributed by atoms with E-state index in [1.165, 1.54) is 24.3 Å². The zero-order valence-corrected chi connectivity index (χ0v) is 13.8. The second kappa shape index (κ2) is 8.19. The molecule has 0 spiro atoms. The molecule has 3 rings (SSSR count). The summed E-state index contributed by atoms with van der Waals surface area (Å²) in [5, 5.41) is 5.07. The van der Waals surface area contributed by atoms with Crippen molar-refractivity contribution in [3.63, 3.8) is 0 Å². The molecule has 136 valence electrons. The number of fused-ring (bicyclic) bond motifs is 1. The lowest BCUT2D eigenvalue weighted by molar-refractivity contribution is -0.125. The van der Waals surface area contributed by atoms with Gasteiger partial charge < -0.3 is 24.8 Å². The first-order valence-electron chi connectivity index (χ1n) is 7.95. The third-order valence-corrected chi connectivity index (χ3v) is 3.44. The van der Waals surface area contributed by atoms with E-state index in [-0.39, 0.29) is 18.9 Å². The van der Waals surface area contributed by atoms with Crippen molar-refractivity contribution in [1.29, 1.82) is 0 Å². The minimum atomic E-state index is -0.494. The summed E-state index contributed by atoms with van der Waals surface area (Å²) in [4.78, 5) is 23.6. The van der Waals surface area contributed by atoms with E-state index in [1.54, 1.807) is 18.2 Å². The van der Waals surface area contributed by atoms with Gasteiger partial charge in [-0.25, -0.2) is 4.39 Å². The van der Waals surface area contributed by atoms with E-state index in [9.17, 15) is 14.0 Å². The first-order chi connectivity index (χ1) is 12.6. The number of ether oxygens (including phenoxy) is 3. The fourth-order valence-corrected chi connectivity index (χ4v) is 2.26. The van der Waals surface area contributed by atoms with Crippen LogP contribution in [0.25, 0.3) is 0 Å². The van der Waals surface area contributed by atoms with E-state index >= 15 is 0 Å². The topological polar surface area (TPSA) is 85.9 Å². The number of amides is 2. The zero-order chi connectivity index (χ0) is 18.4. The maximum Gasteiger partial charge on any atom is 0.258 e. The van der Waals surface area contributed by atoms with Gasteiger partial charge in [0.15, 0.2) is 18.1 Å². The molecule has 0 atom stereocenters. The molecule has 0 fully saturated rings. The molecule has 8 heteroatoms. The molecule has 0 aromatic heterocycles. The minimum absolute atomic E-state index is 0.222. The molecule has 1 aliphatic rings. The summed E-state index contributed by atoms with van der Waals surface area (Å²) in [5.74, 6) is 0.0635. The van der Waals surface area contributed by atoms with E-state index in [1.807, 2.05) is 0 Å². The SMILES string of the molecule is O=C(COc1cccc(F)c1)NCC(=O)Nc1ccc2c(c1)OCCO2. The van der Waals surface area contributed by atoms with Crippen LogP contribution in [-0.4, -0.2) is 38.2 Å². The van der Waals surface area contributed by atoms with Crippen molar-refractivity contribution in [2.45, 2.75) is 0 Å². The molecule has 2 N–H and O–H groups in total. The molecule has 0 saturated carbocycles. The standard InChI is InChI=1S/C18H17FN2O5/c19-12-2-1-3-14(8-12)26-11-18(23)20-10-17(22)21-13-4-5-15-16(9-13)25-7-6-24-15/h1-5,8-9H,6-7,10-11H2,(H,20,23)(H,21,22). The number of nitrogens with one attached hydrogen (secondary N) is 2. The summed E-state index contributed by atoms with van der Waals surface area (Å²) in [6.07, 6.45) is 0. The Hall–Kier alpha value is -3.29. The highest BCUT2D eigenvalue weighted by Gasteiger charge is 2.13. The number of benzene rings is 2. The first-order valence-corrected chi connectivity index (χ1v) is 7.95. The lowest BCUT2D eigenvalue weighted by Gasteiger charge is -2.19. The Morgan fingerprint density at radius 1 is 1.04 bits per heavy atom. The summed E-state index contributed by atoms with van der Waals surface area (Å²) >= 11 is 0.